The first-order valence-corrected chi connectivity index (χ1v) is 9.99. The summed E-state index contributed by atoms with van der Waals surface area (Å²) in [7, 11) is 1.59. The Morgan fingerprint density at radius 2 is 1.75 bits per heavy atom. The van der Waals surface area contributed by atoms with Crippen LogP contribution in [0.3, 0.4) is 0 Å². The van der Waals surface area contributed by atoms with Gasteiger partial charge in [0, 0.05) is 22.9 Å². The Morgan fingerprint density at radius 1 is 1.00 bits per heavy atom. The molecular weight excluding hydrogens is 417 g/mol. The highest BCUT2D eigenvalue weighted by Crippen LogP contribution is 2.34. The van der Waals surface area contributed by atoms with Crippen LogP contribution in [0.25, 0.3) is 22.2 Å². The summed E-state index contributed by atoms with van der Waals surface area (Å²) >= 11 is 0. The van der Waals surface area contributed by atoms with E-state index in [9.17, 15) is 13.2 Å². The predicted molar refractivity (Wildman–Crippen MR) is 117 cm³/mol. The van der Waals surface area contributed by atoms with E-state index in [0.29, 0.717) is 28.4 Å². The van der Waals surface area contributed by atoms with Gasteiger partial charge >= 0.3 is 0 Å². The first kappa shape index (κ1) is 21.5. The molecule has 0 saturated carbocycles. The fourth-order valence-corrected chi connectivity index (χ4v) is 3.62. The summed E-state index contributed by atoms with van der Waals surface area (Å²) in [6.07, 6.45) is -1.19. The number of ether oxygens (including phenoxy) is 1. The summed E-state index contributed by atoms with van der Waals surface area (Å²) in [5.74, 6) is 0.679. The van der Waals surface area contributed by atoms with Crippen LogP contribution in [0.4, 0.5) is 19.0 Å². The number of hydrogen-bond acceptors (Lipinski definition) is 5. The lowest BCUT2D eigenvalue weighted by molar-refractivity contribution is 0.146. The smallest absolute Gasteiger partial charge is 0.266 e. The van der Waals surface area contributed by atoms with Crippen LogP contribution in [0.5, 0.6) is 5.75 Å². The van der Waals surface area contributed by atoms with E-state index in [4.69, 9.17) is 4.74 Å². The number of alkyl halides is 2. The molecule has 0 aliphatic carbocycles. The maximum Gasteiger partial charge on any atom is 0.266 e. The van der Waals surface area contributed by atoms with Gasteiger partial charge in [-0.2, -0.15) is 0 Å². The van der Waals surface area contributed by atoms with Gasteiger partial charge in [0.15, 0.2) is 5.65 Å². The minimum absolute atomic E-state index is 0.126. The summed E-state index contributed by atoms with van der Waals surface area (Å²) in [4.78, 5) is 13.3. The second kappa shape index (κ2) is 8.82. The number of anilines is 1. The third kappa shape index (κ3) is 4.08. The molecule has 0 unspecified atom stereocenters. The van der Waals surface area contributed by atoms with Crippen LogP contribution in [-0.2, 0) is 0 Å². The standard InChI is InChI=1S/C24H21F3N4O/c1-13(16-8-6-9-18(21(16)25)22(26)27)29-24-19-11-15(12-28-23(19)30-14(2)31-24)17-7-4-5-10-20(17)32-3/h4-13,22H,1-3H3,(H,28,29,30,31)/t13-/m1/s1. The minimum Gasteiger partial charge on any atom is -0.496 e. The average molecular weight is 438 g/mol. The molecule has 32 heavy (non-hydrogen) atoms. The Balaban J connectivity index is 1.78. The van der Waals surface area contributed by atoms with Gasteiger partial charge < -0.3 is 10.1 Å². The van der Waals surface area contributed by atoms with E-state index < -0.39 is 23.8 Å². The molecule has 0 fully saturated rings. The van der Waals surface area contributed by atoms with Crippen LogP contribution in [0.1, 0.15) is 36.3 Å². The zero-order chi connectivity index (χ0) is 22.8. The lowest BCUT2D eigenvalue weighted by Crippen LogP contribution is -2.12. The zero-order valence-electron chi connectivity index (χ0n) is 17.7. The molecule has 2 heterocycles. The molecule has 0 radical (unpaired) electrons. The number of nitrogens with zero attached hydrogens (tertiary/aromatic N) is 3. The molecule has 4 rings (SSSR count). The highest BCUT2D eigenvalue weighted by Gasteiger charge is 2.20. The number of aromatic nitrogens is 3. The summed E-state index contributed by atoms with van der Waals surface area (Å²) in [6.45, 7) is 3.41. The molecule has 0 saturated heterocycles. The largest absolute Gasteiger partial charge is 0.496 e. The molecule has 164 valence electrons. The number of benzene rings is 2. The molecular formula is C24H21F3N4O. The van der Waals surface area contributed by atoms with Crippen molar-refractivity contribution in [3.05, 3.63) is 77.5 Å². The van der Waals surface area contributed by atoms with Crippen LogP contribution in [0, 0.1) is 12.7 Å². The number of hydrogen-bond donors (Lipinski definition) is 1. The molecule has 4 aromatic rings. The fraction of sp³-hybridized carbons (Fsp3) is 0.208. The zero-order valence-corrected chi connectivity index (χ0v) is 17.7. The van der Waals surface area contributed by atoms with Gasteiger partial charge in [0.2, 0.25) is 0 Å². The van der Waals surface area contributed by atoms with Crippen molar-refractivity contribution in [2.24, 2.45) is 0 Å². The summed E-state index contributed by atoms with van der Waals surface area (Å²) in [5.41, 5.74) is 1.61. The predicted octanol–water partition coefficient (Wildman–Crippen LogP) is 6.26. The highest BCUT2D eigenvalue weighted by molar-refractivity contribution is 5.90. The van der Waals surface area contributed by atoms with Crippen molar-refractivity contribution in [1.29, 1.82) is 0 Å². The van der Waals surface area contributed by atoms with Crippen LogP contribution >= 0.6 is 0 Å². The molecule has 0 bridgehead atoms. The number of halogens is 3. The van der Waals surface area contributed by atoms with Crippen LogP contribution in [0.15, 0.2) is 54.7 Å². The van der Waals surface area contributed by atoms with Crippen LogP contribution in [-0.4, -0.2) is 22.1 Å². The monoisotopic (exact) mass is 438 g/mol. The van der Waals surface area contributed by atoms with Crippen molar-refractivity contribution in [2.45, 2.75) is 26.3 Å². The van der Waals surface area contributed by atoms with E-state index in [1.807, 2.05) is 30.3 Å². The van der Waals surface area contributed by atoms with Gasteiger partial charge in [-0.1, -0.05) is 36.4 Å². The van der Waals surface area contributed by atoms with Crippen molar-refractivity contribution in [2.75, 3.05) is 12.4 Å². The molecule has 8 heteroatoms. The number of nitrogens with one attached hydrogen (secondary N) is 1. The number of aryl methyl sites for hydroxylation is 1. The van der Waals surface area contributed by atoms with E-state index in [-0.39, 0.29) is 5.56 Å². The summed E-state index contributed by atoms with van der Waals surface area (Å²) < 4.78 is 46.4. The Hall–Kier alpha value is -3.68. The topological polar surface area (TPSA) is 59.9 Å². The van der Waals surface area contributed by atoms with Crippen molar-refractivity contribution in [3.8, 4) is 16.9 Å². The van der Waals surface area contributed by atoms with E-state index in [1.54, 1.807) is 27.2 Å². The molecule has 2 aromatic heterocycles. The van der Waals surface area contributed by atoms with Gasteiger partial charge in [-0.05, 0) is 26.0 Å². The van der Waals surface area contributed by atoms with E-state index in [2.05, 4.69) is 20.3 Å². The maximum absolute atomic E-state index is 14.7. The Morgan fingerprint density at radius 3 is 2.50 bits per heavy atom. The number of fused-ring (bicyclic) bond motifs is 1. The van der Waals surface area contributed by atoms with Crippen molar-refractivity contribution < 1.29 is 17.9 Å². The Labute approximate surface area is 183 Å². The maximum atomic E-state index is 14.7. The third-order valence-corrected chi connectivity index (χ3v) is 5.19. The molecule has 0 amide bonds. The number of para-hydroxylation sites is 1. The Bertz CT molecular complexity index is 1280. The summed E-state index contributed by atoms with van der Waals surface area (Å²) in [5, 5.41) is 3.77. The van der Waals surface area contributed by atoms with Crippen LogP contribution in [0.2, 0.25) is 0 Å². The van der Waals surface area contributed by atoms with Gasteiger partial charge in [0.05, 0.1) is 24.1 Å². The highest BCUT2D eigenvalue weighted by atomic mass is 19.3. The molecule has 0 aliphatic rings. The molecule has 0 aliphatic heterocycles. The number of rotatable bonds is 6. The molecule has 1 N–H and O–H groups in total. The minimum atomic E-state index is -2.89. The molecule has 1 atom stereocenters. The van der Waals surface area contributed by atoms with E-state index in [0.717, 1.165) is 17.2 Å². The quantitative estimate of drug-likeness (QED) is 0.385. The lowest BCUT2D eigenvalue weighted by Gasteiger charge is -2.19. The van der Waals surface area contributed by atoms with Crippen molar-refractivity contribution in [1.82, 2.24) is 15.0 Å². The number of methoxy groups -OCH3 is 1. The first-order chi connectivity index (χ1) is 15.4. The van der Waals surface area contributed by atoms with E-state index in [1.165, 1.54) is 12.1 Å². The van der Waals surface area contributed by atoms with Gasteiger partial charge in [-0.15, -0.1) is 0 Å². The van der Waals surface area contributed by atoms with Gasteiger partial charge in [-0.3, -0.25) is 0 Å². The SMILES string of the molecule is COc1ccccc1-c1cnc2nc(C)nc(N[C@H](C)c3cccc(C(F)F)c3F)c2c1. The van der Waals surface area contributed by atoms with Crippen LogP contribution < -0.4 is 10.1 Å². The normalized spacial score (nSPS) is 12.2. The molecule has 0 spiro atoms. The van der Waals surface area contributed by atoms with Gasteiger partial charge in [0.25, 0.3) is 6.43 Å². The second-order valence-electron chi connectivity index (χ2n) is 7.33. The van der Waals surface area contributed by atoms with Gasteiger partial charge in [-0.25, -0.2) is 28.1 Å². The van der Waals surface area contributed by atoms with Crippen molar-refractivity contribution >= 4 is 16.9 Å². The fourth-order valence-electron chi connectivity index (χ4n) is 3.62. The lowest BCUT2D eigenvalue weighted by atomic mass is 10.0. The average Bonchev–Trinajstić information content (AvgIpc) is 2.78. The first-order valence-electron chi connectivity index (χ1n) is 9.99. The van der Waals surface area contributed by atoms with Gasteiger partial charge in [0.1, 0.15) is 23.2 Å². The third-order valence-electron chi connectivity index (χ3n) is 5.19. The second-order valence-corrected chi connectivity index (χ2v) is 7.33. The number of pyridine rings is 1. The van der Waals surface area contributed by atoms with Crippen molar-refractivity contribution in [3.63, 3.8) is 0 Å². The Kier molecular flexibility index (Phi) is 5.94. The molecule has 2 aromatic carbocycles. The summed E-state index contributed by atoms with van der Waals surface area (Å²) in [6, 6.07) is 12.8. The molecule has 5 nitrogen and oxygen atoms in total. The van der Waals surface area contributed by atoms with E-state index >= 15 is 0 Å².